The highest BCUT2D eigenvalue weighted by Gasteiger charge is 2.22. The van der Waals surface area contributed by atoms with E-state index in [0.717, 1.165) is 0 Å². The maximum Gasteiger partial charge on any atom is 0.335 e. The number of nitrogens with zero attached hydrogens (tertiary/aromatic N) is 3. The third-order valence-electron chi connectivity index (χ3n) is 4.14. The van der Waals surface area contributed by atoms with Gasteiger partial charge >= 0.3 is 5.97 Å². The lowest BCUT2D eigenvalue weighted by molar-refractivity contribution is 0.0696. The van der Waals surface area contributed by atoms with E-state index in [-0.39, 0.29) is 22.6 Å². The van der Waals surface area contributed by atoms with Gasteiger partial charge < -0.3 is 10.4 Å². The molecule has 0 saturated heterocycles. The first-order valence-corrected chi connectivity index (χ1v) is 8.59. The Morgan fingerprint density at radius 3 is 2.43 bits per heavy atom. The van der Waals surface area contributed by atoms with E-state index in [1.807, 2.05) is 0 Å². The van der Waals surface area contributed by atoms with Gasteiger partial charge in [0.2, 0.25) is 0 Å². The number of hydrogen-bond donors (Lipinski definition) is 2. The van der Waals surface area contributed by atoms with Gasteiger partial charge in [0, 0.05) is 18.3 Å². The highest BCUT2D eigenvalue weighted by Crippen LogP contribution is 2.27. The van der Waals surface area contributed by atoms with Crippen LogP contribution in [0.1, 0.15) is 34.6 Å². The Kier molecular flexibility index (Phi) is 5.30. The molecule has 0 atom stereocenters. The Morgan fingerprint density at radius 1 is 1.18 bits per heavy atom. The van der Waals surface area contributed by atoms with Gasteiger partial charge in [-0.2, -0.15) is 5.10 Å². The van der Waals surface area contributed by atoms with Crippen LogP contribution >= 0.6 is 0 Å². The van der Waals surface area contributed by atoms with Crippen molar-refractivity contribution < 1.29 is 14.7 Å². The van der Waals surface area contributed by atoms with Gasteiger partial charge in [0.25, 0.3) is 5.56 Å². The second kappa shape index (κ2) is 7.83. The summed E-state index contributed by atoms with van der Waals surface area (Å²) in [6.45, 7) is 3.43. The Balaban J connectivity index is 2.24. The Hall–Kier alpha value is -3.81. The van der Waals surface area contributed by atoms with Crippen molar-refractivity contribution in [3.63, 3.8) is 0 Å². The number of aryl methyl sites for hydroxylation is 1. The van der Waals surface area contributed by atoms with Crippen molar-refractivity contribution in [1.29, 1.82) is 0 Å². The molecule has 0 spiro atoms. The molecule has 3 aromatic rings. The predicted molar refractivity (Wildman–Crippen MR) is 104 cm³/mol. The van der Waals surface area contributed by atoms with Crippen LogP contribution in [-0.4, -0.2) is 31.6 Å². The number of pyridine rings is 1. The molecule has 142 valence electrons. The number of carboxylic acids is 1. The van der Waals surface area contributed by atoms with Gasteiger partial charge in [-0.05, 0) is 38.1 Å². The van der Waals surface area contributed by atoms with E-state index >= 15 is 0 Å². The fraction of sp³-hybridized carbons (Fsp3) is 0.150. The largest absolute Gasteiger partial charge is 0.478 e. The number of rotatable bonds is 6. The van der Waals surface area contributed by atoms with E-state index in [1.165, 1.54) is 23.7 Å². The van der Waals surface area contributed by atoms with Crippen molar-refractivity contribution in [2.75, 3.05) is 5.32 Å². The number of carbonyl (C=O) groups excluding carboxylic acids is 1. The lowest BCUT2D eigenvalue weighted by Gasteiger charge is -2.16. The molecule has 28 heavy (non-hydrogen) atoms. The van der Waals surface area contributed by atoms with Crippen molar-refractivity contribution in [2.24, 2.45) is 0 Å². The number of hydrogen-bond acceptors (Lipinski definition) is 6. The summed E-state index contributed by atoms with van der Waals surface area (Å²) in [5.41, 5.74) is 1.33. The number of aromatic nitrogens is 3. The summed E-state index contributed by atoms with van der Waals surface area (Å²) in [4.78, 5) is 40.4. The van der Waals surface area contributed by atoms with Gasteiger partial charge in [-0.3, -0.25) is 14.6 Å². The lowest BCUT2D eigenvalue weighted by Crippen LogP contribution is -2.28. The average molecular weight is 378 g/mol. The highest BCUT2D eigenvalue weighted by molar-refractivity contribution is 6.05. The standard InChI is InChI=1S/C20H18N4O4/c1-3-24-19(26)18(22-15-5-4-10-21-11-15)16(12(2)25)17(23-24)13-6-8-14(9-7-13)20(27)28/h4-11,22H,3H2,1-2H3,(H,27,28). The van der Waals surface area contributed by atoms with Crippen molar-refractivity contribution in [3.05, 3.63) is 70.3 Å². The monoisotopic (exact) mass is 378 g/mol. The zero-order valence-corrected chi connectivity index (χ0v) is 15.3. The Bertz CT molecular complexity index is 1090. The van der Waals surface area contributed by atoms with Crippen molar-refractivity contribution >= 4 is 23.1 Å². The van der Waals surface area contributed by atoms with Crippen LogP contribution in [0, 0.1) is 0 Å². The van der Waals surface area contributed by atoms with Crippen LogP contribution in [-0.2, 0) is 6.54 Å². The molecule has 2 heterocycles. The van der Waals surface area contributed by atoms with E-state index in [0.29, 0.717) is 23.5 Å². The van der Waals surface area contributed by atoms with Crippen LogP contribution in [0.15, 0.2) is 53.6 Å². The van der Waals surface area contributed by atoms with E-state index in [9.17, 15) is 14.4 Å². The minimum absolute atomic E-state index is 0.106. The molecule has 0 radical (unpaired) electrons. The summed E-state index contributed by atoms with van der Waals surface area (Å²) < 4.78 is 1.26. The summed E-state index contributed by atoms with van der Waals surface area (Å²) in [5, 5.41) is 16.4. The molecule has 2 aromatic heterocycles. The number of aromatic carboxylic acids is 1. The number of anilines is 2. The van der Waals surface area contributed by atoms with Crippen molar-refractivity contribution in [2.45, 2.75) is 20.4 Å². The lowest BCUT2D eigenvalue weighted by atomic mass is 10.0. The molecule has 0 aliphatic carbocycles. The smallest absolute Gasteiger partial charge is 0.335 e. The topological polar surface area (TPSA) is 114 Å². The molecule has 0 amide bonds. The maximum absolute atomic E-state index is 12.8. The molecule has 0 aliphatic rings. The molecular weight excluding hydrogens is 360 g/mol. The minimum atomic E-state index is -1.05. The van der Waals surface area contributed by atoms with Crippen LogP contribution in [0.3, 0.4) is 0 Å². The van der Waals surface area contributed by atoms with Gasteiger partial charge in [-0.25, -0.2) is 9.48 Å². The van der Waals surface area contributed by atoms with Crippen LogP contribution in [0.5, 0.6) is 0 Å². The molecule has 0 bridgehead atoms. The molecule has 8 nitrogen and oxygen atoms in total. The van der Waals surface area contributed by atoms with E-state index in [2.05, 4.69) is 15.4 Å². The fourth-order valence-corrected chi connectivity index (χ4v) is 2.80. The number of ketones is 1. The van der Waals surface area contributed by atoms with Crippen molar-refractivity contribution in [3.8, 4) is 11.3 Å². The number of nitrogens with one attached hydrogen (secondary N) is 1. The molecule has 3 rings (SSSR count). The van der Waals surface area contributed by atoms with Gasteiger partial charge in [-0.1, -0.05) is 12.1 Å². The first kappa shape index (κ1) is 19.0. The van der Waals surface area contributed by atoms with E-state index in [4.69, 9.17) is 5.11 Å². The van der Waals surface area contributed by atoms with E-state index in [1.54, 1.807) is 43.6 Å². The van der Waals surface area contributed by atoms with Crippen LogP contribution in [0.25, 0.3) is 11.3 Å². The summed E-state index contributed by atoms with van der Waals surface area (Å²) in [5.74, 6) is -1.39. The summed E-state index contributed by atoms with van der Waals surface area (Å²) in [7, 11) is 0. The van der Waals surface area contributed by atoms with Crippen LogP contribution in [0.4, 0.5) is 11.4 Å². The van der Waals surface area contributed by atoms with Gasteiger partial charge in [0.1, 0.15) is 11.4 Å². The molecule has 8 heteroatoms. The third-order valence-corrected chi connectivity index (χ3v) is 4.14. The second-order valence-corrected chi connectivity index (χ2v) is 6.02. The van der Waals surface area contributed by atoms with Gasteiger partial charge in [-0.15, -0.1) is 0 Å². The average Bonchev–Trinajstić information content (AvgIpc) is 2.70. The van der Waals surface area contributed by atoms with Gasteiger partial charge in [0.05, 0.1) is 23.0 Å². The quantitative estimate of drug-likeness (QED) is 0.634. The van der Waals surface area contributed by atoms with Gasteiger partial charge in [0.15, 0.2) is 5.78 Å². The molecule has 0 saturated carbocycles. The number of carbonyl (C=O) groups is 2. The third kappa shape index (κ3) is 3.66. The molecular formula is C20H18N4O4. The number of Topliss-reactive ketones (excluding diaryl/α,β-unsaturated/α-hetero) is 1. The molecule has 0 unspecified atom stereocenters. The second-order valence-electron chi connectivity index (χ2n) is 6.02. The molecule has 0 aliphatic heterocycles. The van der Waals surface area contributed by atoms with Crippen LogP contribution in [0.2, 0.25) is 0 Å². The zero-order chi connectivity index (χ0) is 20.3. The summed E-state index contributed by atoms with van der Waals surface area (Å²) >= 11 is 0. The zero-order valence-electron chi connectivity index (χ0n) is 15.3. The minimum Gasteiger partial charge on any atom is -0.478 e. The summed E-state index contributed by atoms with van der Waals surface area (Å²) in [6.07, 6.45) is 3.14. The maximum atomic E-state index is 12.8. The highest BCUT2D eigenvalue weighted by atomic mass is 16.4. The molecule has 2 N–H and O–H groups in total. The first-order valence-electron chi connectivity index (χ1n) is 8.59. The number of benzene rings is 1. The molecule has 1 aromatic carbocycles. The van der Waals surface area contributed by atoms with Crippen molar-refractivity contribution in [1.82, 2.24) is 14.8 Å². The molecule has 0 fully saturated rings. The number of carboxylic acid groups (broad SMARTS) is 1. The Labute approximate surface area is 160 Å². The summed E-state index contributed by atoms with van der Waals surface area (Å²) in [6, 6.07) is 9.43. The SMILES string of the molecule is CCn1nc(-c2ccc(C(=O)O)cc2)c(C(C)=O)c(Nc2cccnc2)c1=O. The normalized spacial score (nSPS) is 10.5. The fourth-order valence-electron chi connectivity index (χ4n) is 2.80. The van der Waals surface area contributed by atoms with Crippen LogP contribution < -0.4 is 10.9 Å². The Morgan fingerprint density at radius 2 is 1.89 bits per heavy atom. The predicted octanol–water partition coefficient (Wildman–Crippen LogP) is 2.97. The first-order chi connectivity index (χ1) is 13.4. The van der Waals surface area contributed by atoms with E-state index < -0.39 is 11.5 Å².